The second-order valence-corrected chi connectivity index (χ2v) is 10.1. The van der Waals surface area contributed by atoms with Gasteiger partial charge in [-0.15, -0.1) is 11.3 Å². The van der Waals surface area contributed by atoms with Crippen molar-refractivity contribution in [2.75, 3.05) is 19.6 Å². The van der Waals surface area contributed by atoms with Crippen LogP contribution in [0, 0.1) is 11.8 Å². The first-order valence-corrected chi connectivity index (χ1v) is 12.2. The third-order valence-corrected chi connectivity index (χ3v) is 7.20. The summed E-state index contributed by atoms with van der Waals surface area (Å²) < 4.78 is 0. The van der Waals surface area contributed by atoms with E-state index in [4.69, 9.17) is 0 Å². The number of nitrogens with zero attached hydrogens (tertiary/aromatic N) is 2. The van der Waals surface area contributed by atoms with Crippen LogP contribution in [0.5, 0.6) is 0 Å². The van der Waals surface area contributed by atoms with Crippen molar-refractivity contribution >= 4 is 29.1 Å². The Morgan fingerprint density at radius 1 is 1.13 bits per heavy atom. The molecule has 3 rings (SSSR count). The highest BCUT2D eigenvalue weighted by Crippen LogP contribution is 2.26. The van der Waals surface area contributed by atoms with Gasteiger partial charge in [0, 0.05) is 32.1 Å². The number of rotatable bonds is 6. The third-order valence-electron chi connectivity index (χ3n) is 6.33. The molecule has 0 radical (unpaired) electrons. The van der Waals surface area contributed by atoms with E-state index in [0.29, 0.717) is 30.3 Å². The Kier molecular flexibility index (Phi) is 7.92. The molecule has 3 amide bonds. The molecule has 0 unspecified atom stereocenters. The molecule has 7 heteroatoms. The smallest absolute Gasteiger partial charge is 0.262 e. The molecule has 0 saturated carbocycles. The van der Waals surface area contributed by atoms with Gasteiger partial charge in [-0.1, -0.05) is 19.9 Å². The topological polar surface area (TPSA) is 69.7 Å². The van der Waals surface area contributed by atoms with E-state index < -0.39 is 6.04 Å². The molecule has 6 nitrogen and oxygen atoms in total. The molecule has 30 heavy (non-hydrogen) atoms. The van der Waals surface area contributed by atoms with Gasteiger partial charge in [0.25, 0.3) is 5.91 Å². The molecular weight excluding hydrogens is 398 g/mol. The van der Waals surface area contributed by atoms with Gasteiger partial charge in [0.05, 0.1) is 4.88 Å². The highest BCUT2D eigenvalue weighted by atomic mass is 32.1. The highest BCUT2D eigenvalue weighted by molar-refractivity contribution is 7.12. The van der Waals surface area contributed by atoms with Crippen molar-refractivity contribution in [3.8, 4) is 0 Å². The molecule has 0 aromatic carbocycles. The summed E-state index contributed by atoms with van der Waals surface area (Å²) >= 11 is 1.39. The minimum absolute atomic E-state index is 0.0408. The summed E-state index contributed by atoms with van der Waals surface area (Å²) in [5.41, 5.74) is 0. The number of hydrogen-bond donors (Lipinski definition) is 1. The normalized spacial score (nSPS) is 21.5. The van der Waals surface area contributed by atoms with E-state index >= 15 is 0 Å². The minimum atomic E-state index is -0.525. The SMILES string of the molecule is CC(C)CC(=O)N1CCC([C@H](NC(=O)c2cccs2)C(=O)N2CCCC[C@@H]2C)CC1. The Morgan fingerprint density at radius 2 is 1.87 bits per heavy atom. The van der Waals surface area contributed by atoms with E-state index in [2.05, 4.69) is 26.1 Å². The first-order chi connectivity index (χ1) is 14.4. The quantitative estimate of drug-likeness (QED) is 0.746. The number of nitrogens with one attached hydrogen (secondary N) is 1. The average molecular weight is 434 g/mol. The first-order valence-electron chi connectivity index (χ1n) is 11.3. The number of hydrogen-bond acceptors (Lipinski definition) is 4. The fourth-order valence-electron chi connectivity index (χ4n) is 4.57. The predicted molar refractivity (Wildman–Crippen MR) is 119 cm³/mol. The zero-order chi connectivity index (χ0) is 21.7. The van der Waals surface area contributed by atoms with Gasteiger partial charge in [0.2, 0.25) is 11.8 Å². The number of likely N-dealkylation sites (tertiary alicyclic amines) is 2. The van der Waals surface area contributed by atoms with Gasteiger partial charge >= 0.3 is 0 Å². The van der Waals surface area contributed by atoms with Gasteiger partial charge in [-0.25, -0.2) is 0 Å². The number of thiophene rings is 1. The van der Waals surface area contributed by atoms with E-state index in [1.165, 1.54) is 11.3 Å². The molecule has 0 spiro atoms. The van der Waals surface area contributed by atoms with Crippen molar-refractivity contribution in [2.45, 2.75) is 71.4 Å². The maximum atomic E-state index is 13.5. The lowest BCUT2D eigenvalue weighted by molar-refractivity contribution is -0.139. The molecule has 0 bridgehead atoms. The number of carbonyl (C=O) groups excluding carboxylic acids is 3. The van der Waals surface area contributed by atoms with Crippen molar-refractivity contribution in [1.29, 1.82) is 0 Å². The Labute approximate surface area is 184 Å². The first kappa shape index (κ1) is 22.8. The van der Waals surface area contributed by atoms with E-state index in [1.807, 2.05) is 21.2 Å². The molecule has 1 aromatic heterocycles. The largest absolute Gasteiger partial charge is 0.343 e. The van der Waals surface area contributed by atoms with Crippen molar-refractivity contribution in [3.05, 3.63) is 22.4 Å². The zero-order valence-corrected chi connectivity index (χ0v) is 19.2. The molecule has 2 aliphatic heterocycles. The predicted octanol–water partition coefficient (Wildman–Crippen LogP) is 3.53. The summed E-state index contributed by atoms with van der Waals surface area (Å²) in [5, 5.41) is 4.93. The van der Waals surface area contributed by atoms with Crippen LogP contribution in [-0.2, 0) is 9.59 Å². The summed E-state index contributed by atoms with van der Waals surface area (Å²) in [5.74, 6) is 0.456. The fourth-order valence-corrected chi connectivity index (χ4v) is 5.19. The van der Waals surface area contributed by atoms with Gasteiger partial charge in [0.15, 0.2) is 0 Å². The van der Waals surface area contributed by atoms with Crippen LogP contribution in [-0.4, -0.2) is 59.2 Å². The van der Waals surface area contributed by atoms with Crippen molar-refractivity contribution in [1.82, 2.24) is 15.1 Å². The van der Waals surface area contributed by atoms with Crippen LogP contribution in [0.1, 0.15) is 69.0 Å². The van der Waals surface area contributed by atoms with E-state index in [9.17, 15) is 14.4 Å². The summed E-state index contributed by atoms with van der Waals surface area (Å²) in [7, 11) is 0. The monoisotopic (exact) mass is 433 g/mol. The summed E-state index contributed by atoms with van der Waals surface area (Å²) in [6, 6.07) is 3.32. The van der Waals surface area contributed by atoms with Crippen LogP contribution in [0.25, 0.3) is 0 Å². The van der Waals surface area contributed by atoms with Gasteiger partial charge < -0.3 is 15.1 Å². The molecule has 2 aliphatic rings. The maximum absolute atomic E-state index is 13.5. The zero-order valence-electron chi connectivity index (χ0n) is 18.4. The lowest BCUT2D eigenvalue weighted by Crippen LogP contribution is -2.57. The van der Waals surface area contributed by atoms with Gasteiger partial charge in [-0.3, -0.25) is 14.4 Å². The van der Waals surface area contributed by atoms with Crippen LogP contribution in [0.2, 0.25) is 0 Å². The second kappa shape index (κ2) is 10.4. The minimum Gasteiger partial charge on any atom is -0.343 e. The molecule has 1 aromatic rings. The Morgan fingerprint density at radius 3 is 2.47 bits per heavy atom. The maximum Gasteiger partial charge on any atom is 0.262 e. The van der Waals surface area contributed by atoms with Gasteiger partial charge in [-0.05, 0) is 62.3 Å². The fraction of sp³-hybridized carbons (Fsp3) is 0.696. The van der Waals surface area contributed by atoms with Crippen LogP contribution < -0.4 is 5.32 Å². The Bertz CT molecular complexity index is 726. The summed E-state index contributed by atoms with van der Waals surface area (Å²) in [6.45, 7) is 8.28. The molecular formula is C23H35N3O3S. The number of amides is 3. The van der Waals surface area contributed by atoms with Crippen LogP contribution >= 0.6 is 11.3 Å². The second-order valence-electron chi connectivity index (χ2n) is 9.12. The van der Waals surface area contributed by atoms with Crippen molar-refractivity contribution in [2.24, 2.45) is 11.8 Å². The molecule has 3 heterocycles. The lowest BCUT2D eigenvalue weighted by Gasteiger charge is -2.40. The van der Waals surface area contributed by atoms with Crippen LogP contribution in [0.3, 0.4) is 0 Å². The van der Waals surface area contributed by atoms with Crippen molar-refractivity contribution < 1.29 is 14.4 Å². The molecule has 2 atom stereocenters. The highest BCUT2D eigenvalue weighted by Gasteiger charge is 2.38. The molecule has 2 saturated heterocycles. The van der Waals surface area contributed by atoms with Gasteiger partial charge in [0.1, 0.15) is 6.04 Å². The van der Waals surface area contributed by atoms with E-state index in [-0.39, 0.29) is 29.7 Å². The third kappa shape index (κ3) is 5.62. The standard InChI is InChI=1S/C23H35N3O3S/c1-16(2)15-20(27)25-12-9-18(10-13-25)21(24-22(28)19-8-6-14-30-19)23(29)26-11-5-4-7-17(26)3/h6,8,14,16-18,21H,4-5,7,9-13,15H2,1-3H3,(H,24,28)/t17-,21-/m0/s1. The molecule has 2 fully saturated rings. The van der Waals surface area contributed by atoms with Crippen molar-refractivity contribution in [3.63, 3.8) is 0 Å². The molecule has 0 aliphatic carbocycles. The number of piperidine rings is 2. The van der Waals surface area contributed by atoms with E-state index in [1.54, 1.807) is 6.07 Å². The van der Waals surface area contributed by atoms with Crippen LogP contribution in [0.15, 0.2) is 17.5 Å². The lowest BCUT2D eigenvalue weighted by atomic mass is 9.87. The average Bonchev–Trinajstić information content (AvgIpc) is 3.26. The molecule has 1 N–H and O–H groups in total. The summed E-state index contributed by atoms with van der Waals surface area (Å²) in [4.78, 5) is 43.2. The Hall–Kier alpha value is -1.89. The molecule has 166 valence electrons. The Balaban J connectivity index is 1.70. The van der Waals surface area contributed by atoms with Crippen LogP contribution in [0.4, 0.5) is 0 Å². The summed E-state index contributed by atoms with van der Waals surface area (Å²) in [6.07, 6.45) is 5.23. The number of carbonyl (C=O) groups is 3. The van der Waals surface area contributed by atoms with E-state index in [0.717, 1.165) is 38.6 Å². The van der Waals surface area contributed by atoms with Gasteiger partial charge in [-0.2, -0.15) is 0 Å².